The van der Waals surface area contributed by atoms with E-state index < -0.39 is 0 Å². The van der Waals surface area contributed by atoms with Gasteiger partial charge in [-0.15, -0.1) is 0 Å². The van der Waals surface area contributed by atoms with Crippen molar-refractivity contribution in [3.63, 3.8) is 0 Å². The van der Waals surface area contributed by atoms with Gasteiger partial charge in [-0.1, -0.05) is 54.1 Å². The summed E-state index contributed by atoms with van der Waals surface area (Å²) in [7, 11) is 0. The number of rotatable bonds is 8. The van der Waals surface area contributed by atoms with Gasteiger partial charge >= 0.3 is 0 Å². The van der Waals surface area contributed by atoms with Crippen LogP contribution >= 0.6 is 11.6 Å². The Morgan fingerprint density at radius 1 is 0.941 bits per heavy atom. The van der Waals surface area contributed by atoms with Gasteiger partial charge in [-0.05, 0) is 68.3 Å². The van der Waals surface area contributed by atoms with Gasteiger partial charge in [-0.25, -0.2) is 4.98 Å². The number of nitrogens with zero attached hydrogens (tertiary/aromatic N) is 2. The van der Waals surface area contributed by atoms with E-state index in [1.807, 2.05) is 99.6 Å². The zero-order chi connectivity index (χ0) is 24.1. The van der Waals surface area contributed by atoms with Crippen molar-refractivity contribution >= 4 is 23.2 Å². The molecule has 0 aliphatic carbocycles. The predicted octanol–water partition coefficient (Wildman–Crippen LogP) is 6.38. The van der Waals surface area contributed by atoms with Crippen LogP contribution in [0.3, 0.4) is 0 Å². The van der Waals surface area contributed by atoms with Gasteiger partial charge in [-0.2, -0.15) is 0 Å². The van der Waals surface area contributed by atoms with Crippen LogP contribution in [-0.2, 0) is 13.0 Å². The molecular weight excluding hydrogens is 446 g/mol. The highest BCUT2D eigenvalue weighted by Gasteiger charge is 2.16. The molecule has 3 aromatic carbocycles. The van der Waals surface area contributed by atoms with Crippen LogP contribution < -0.4 is 15.6 Å². The topological polar surface area (TPSA) is 56.2 Å². The molecule has 0 fully saturated rings. The fraction of sp³-hybridized carbons (Fsp3) is 0.214. The number of nitrogens with one attached hydrogen (secondary N) is 1. The number of benzene rings is 3. The van der Waals surface area contributed by atoms with Crippen LogP contribution in [0.5, 0.6) is 5.75 Å². The van der Waals surface area contributed by atoms with Crippen molar-refractivity contribution in [3.05, 3.63) is 117 Å². The minimum atomic E-state index is -0.0615. The van der Waals surface area contributed by atoms with E-state index >= 15 is 0 Å². The van der Waals surface area contributed by atoms with E-state index in [2.05, 4.69) is 5.32 Å². The van der Waals surface area contributed by atoms with Gasteiger partial charge in [0.1, 0.15) is 5.75 Å². The second-order valence-corrected chi connectivity index (χ2v) is 8.93. The molecule has 0 saturated carbocycles. The van der Waals surface area contributed by atoms with Crippen molar-refractivity contribution in [2.75, 3.05) is 5.32 Å². The molecule has 0 radical (unpaired) electrons. The first-order chi connectivity index (χ1) is 16.4. The Morgan fingerprint density at radius 3 is 2.26 bits per heavy atom. The average molecular weight is 474 g/mol. The van der Waals surface area contributed by atoms with Crippen molar-refractivity contribution in [1.82, 2.24) is 9.55 Å². The summed E-state index contributed by atoms with van der Waals surface area (Å²) in [5.41, 5.74) is 4.20. The van der Waals surface area contributed by atoms with Crippen LogP contribution in [-0.4, -0.2) is 15.7 Å². The second kappa shape index (κ2) is 10.6. The lowest BCUT2D eigenvalue weighted by Gasteiger charge is -2.18. The molecule has 0 atom stereocenters. The van der Waals surface area contributed by atoms with Gasteiger partial charge in [0.05, 0.1) is 18.3 Å². The normalized spacial score (nSPS) is 11.0. The molecule has 0 saturated heterocycles. The number of halogens is 1. The maximum absolute atomic E-state index is 13.7. The van der Waals surface area contributed by atoms with Crippen molar-refractivity contribution in [2.45, 2.75) is 39.8 Å². The standard InChI is InChI=1S/C28H28ClN3O2/c1-19(2)34-25-15-13-24(14-16-25)31-28-30-20(3)26(17-21-7-5-4-6-8-21)27(33)32(28)18-22-9-11-23(29)12-10-22/h4-16,19H,17-18H2,1-3H3,(H,30,31). The maximum Gasteiger partial charge on any atom is 0.258 e. The van der Waals surface area contributed by atoms with Gasteiger partial charge in [0, 0.05) is 22.7 Å². The summed E-state index contributed by atoms with van der Waals surface area (Å²) in [4.78, 5) is 18.5. The molecule has 34 heavy (non-hydrogen) atoms. The van der Waals surface area contributed by atoms with E-state index in [1.165, 1.54) is 0 Å². The molecule has 1 aromatic heterocycles. The lowest BCUT2D eigenvalue weighted by Crippen LogP contribution is -2.29. The smallest absolute Gasteiger partial charge is 0.258 e. The SMILES string of the molecule is Cc1nc(Nc2ccc(OC(C)C)cc2)n(Cc2ccc(Cl)cc2)c(=O)c1Cc1ccccc1. The first-order valence-corrected chi connectivity index (χ1v) is 11.7. The summed E-state index contributed by atoms with van der Waals surface area (Å²) in [6.45, 7) is 6.25. The molecular formula is C28H28ClN3O2. The fourth-order valence-corrected chi connectivity index (χ4v) is 3.86. The monoisotopic (exact) mass is 473 g/mol. The summed E-state index contributed by atoms with van der Waals surface area (Å²) in [5.74, 6) is 1.29. The zero-order valence-electron chi connectivity index (χ0n) is 19.6. The fourth-order valence-electron chi connectivity index (χ4n) is 3.74. The average Bonchev–Trinajstić information content (AvgIpc) is 2.82. The van der Waals surface area contributed by atoms with E-state index in [4.69, 9.17) is 21.3 Å². The largest absolute Gasteiger partial charge is 0.491 e. The molecule has 174 valence electrons. The molecule has 4 rings (SSSR count). The minimum absolute atomic E-state index is 0.0615. The summed E-state index contributed by atoms with van der Waals surface area (Å²) in [6.07, 6.45) is 0.630. The van der Waals surface area contributed by atoms with E-state index in [-0.39, 0.29) is 11.7 Å². The molecule has 1 heterocycles. The lowest BCUT2D eigenvalue weighted by atomic mass is 10.0. The van der Waals surface area contributed by atoms with E-state index in [1.54, 1.807) is 4.57 Å². The second-order valence-electron chi connectivity index (χ2n) is 8.50. The van der Waals surface area contributed by atoms with Gasteiger partial charge in [-0.3, -0.25) is 9.36 Å². The Labute approximate surface area is 205 Å². The Bertz CT molecular complexity index is 1300. The third-order valence-electron chi connectivity index (χ3n) is 5.43. The highest BCUT2D eigenvalue weighted by Crippen LogP contribution is 2.21. The van der Waals surface area contributed by atoms with E-state index in [0.29, 0.717) is 35.2 Å². The molecule has 0 bridgehead atoms. The molecule has 0 aliphatic heterocycles. The molecule has 0 amide bonds. The maximum atomic E-state index is 13.7. The first kappa shape index (κ1) is 23.6. The Balaban J connectivity index is 1.71. The first-order valence-electron chi connectivity index (χ1n) is 11.3. The number of hydrogen-bond acceptors (Lipinski definition) is 4. The lowest BCUT2D eigenvalue weighted by molar-refractivity contribution is 0.242. The highest BCUT2D eigenvalue weighted by molar-refractivity contribution is 6.30. The number of hydrogen-bond donors (Lipinski definition) is 1. The number of aryl methyl sites for hydroxylation is 1. The number of aromatic nitrogens is 2. The Morgan fingerprint density at radius 2 is 1.62 bits per heavy atom. The quantitative estimate of drug-likeness (QED) is 0.323. The predicted molar refractivity (Wildman–Crippen MR) is 139 cm³/mol. The van der Waals surface area contributed by atoms with Gasteiger partial charge in [0.15, 0.2) is 0 Å². The summed E-state index contributed by atoms with van der Waals surface area (Å²) in [6, 6.07) is 25.1. The van der Waals surface area contributed by atoms with Gasteiger partial charge in [0.2, 0.25) is 5.95 Å². The molecule has 4 aromatic rings. The van der Waals surface area contributed by atoms with Crippen LogP contribution in [0, 0.1) is 6.92 Å². The molecule has 1 N–H and O–H groups in total. The van der Waals surface area contributed by atoms with E-state index in [0.717, 1.165) is 22.6 Å². The van der Waals surface area contributed by atoms with Crippen LogP contribution in [0.15, 0.2) is 83.7 Å². The summed E-state index contributed by atoms with van der Waals surface area (Å²) >= 11 is 6.06. The molecule has 0 unspecified atom stereocenters. The summed E-state index contributed by atoms with van der Waals surface area (Å²) in [5, 5.41) is 3.99. The van der Waals surface area contributed by atoms with Gasteiger partial charge in [0.25, 0.3) is 5.56 Å². The molecule has 0 spiro atoms. The Kier molecular flexibility index (Phi) is 7.33. The molecule has 6 heteroatoms. The number of ether oxygens (including phenoxy) is 1. The van der Waals surface area contributed by atoms with Gasteiger partial charge < -0.3 is 10.1 Å². The third-order valence-corrected chi connectivity index (χ3v) is 5.68. The highest BCUT2D eigenvalue weighted by atomic mass is 35.5. The van der Waals surface area contributed by atoms with Crippen molar-refractivity contribution in [3.8, 4) is 5.75 Å². The summed E-state index contributed by atoms with van der Waals surface area (Å²) < 4.78 is 7.42. The van der Waals surface area contributed by atoms with Crippen molar-refractivity contribution in [2.24, 2.45) is 0 Å². The van der Waals surface area contributed by atoms with Crippen LogP contribution in [0.1, 0.15) is 36.2 Å². The molecule has 0 aliphatic rings. The van der Waals surface area contributed by atoms with Crippen LogP contribution in [0.2, 0.25) is 5.02 Å². The van der Waals surface area contributed by atoms with Crippen LogP contribution in [0.25, 0.3) is 0 Å². The minimum Gasteiger partial charge on any atom is -0.491 e. The van der Waals surface area contributed by atoms with Crippen molar-refractivity contribution < 1.29 is 4.74 Å². The third kappa shape index (κ3) is 5.86. The zero-order valence-corrected chi connectivity index (χ0v) is 20.3. The van der Waals surface area contributed by atoms with Crippen LogP contribution in [0.4, 0.5) is 11.6 Å². The van der Waals surface area contributed by atoms with E-state index in [9.17, 15) is 4.79 Å². The number of anilines is 2. The Hall–Kier alpha value is -3.57. The van der Waals surface area contributed by atoms with Crippen molar-refractivity contribution in [1.29, 1.82) is 0 Å². The molecule has 5 nitrogen and oxygen atoms in total.